The van der Waals surface area contributed by atoms with Gasteiger partial charge >= 0.3 is 6.55 Å². The monoisotopic (exact) mass is 148 g/mol. The van der Waals surface area contributed by atoms with Gasteiger partial charge in [0.1, 0.15) is 0 Å². The van der Waals surface area contributed by atoms with Crippen molar-refractivity contribution in [3.05, 3.63) is 5.82 Å². The molecular formula is C4H6F2N4. The summed E-state index contributed by atoms with van der Waals surface area (Å²) in [6.07, 6.45) is 0.521. The summed E-state index contributed by atoms with van der Waals surface area (Å²) in [6.45, 7) is -0.917. The molecule has 4 nitrogen and oxygen atoms in total. The van der Waals surface area contributed by atoms with Gasteiger partial charge in [0.25, 0.3) is 0 Å². The van der Waals surface area contributed by atoms with Crippen molar-refractivity contribution in [1.29, 1.82) is 0 Å². The minimum absolute atomic E-state index is 0.291. The summed E-state index contributed by atoms with van der Waals surface area (Å²) in [7, 11) is 0. The maximum atomic E-state index is 11.7. The minimum atomic E-state index is -2.69. The lowest BCUT2D eigenvalue weighted by Crippen LogP contribution is -2.02. The molecule has 0 fully saturated rings. The molecule has 0 atom stereocenters. The minimum Gasteiger partial charge on any atom is -0.182 e. The summed E-state index contributed by atoms with van der Waals surface area (Å²) in [5, 5.41) is 9.84. The molecule has 0 saturated heterocycles. The van der Waals surface area contributed by atoms with Crippen LogP contribution in [0.1, 0.15) is 19.3 Å². The quantitative estimate of drug-likeness (QED) is 0.617. The van der Waals surface area contributed by atoms with Gasteiger partial charge in [-0.05, 0) is 5.21 Å². The molecule has 10 heavy (non-hydrogen) atoms. The summed E-state index contributed by atoms with van der Waals surface area (Å²) in [4.78, 5) is 0.291. The Morgan fingerprint density at radius 2 is 2.30 bits per heavy atom. The number of nitrogens with zero attached hydrogens (tertiary/aromatic N) is 4. The van der Waals surface area contributed by atoms with E-state index in [0.29, 0.717) is 17.0 Å². The van der Waals surface area contributed by atoms with Crippen molar-refractivity contribution in [3.63, 3.8) is 0 Å². The van der Waals surface area contributed by atoms with Crippen LogP contribution in [0.5, 0.6) is 0 Å². The summed E-state index contributed by atoms with van der Waals surface area (Å²) >= 11 is 0. The van der Waals surface area contributed by atoms with Gasteiger partial charge in [-0.25, -0.2) is 0 Å². The fourth-order valence-corrected chi connectivity index (χ4v) is 0.480. The number of halogens is 2. The Labute approximate surface area is 55.8 Å². The smallest absolute Gasteiger partial charge is 0.182 e. The first-order valence-corrected chi connectivity index (χ1v) is 2.80. The molecule has 0 radical (unpaired) electrons. The summed E-state index contributed by atoms with van der Waals surface area (Å²) in [5.74, 6) is 0.334. The molecule has 0 unspecified atom stereocenters. The molecule has 0 aliphatic carbocycles. The molecule has 0 spiro atoms. The molecule has 0 aromatic carbocycles. The molecule has 0 bridgehead atoms. The second-order valence-electron chi connectivity index (χ2n) is 1.66. The lowest BCUT2D eigenvalue weighted by atomic mass is 10.5. The van der Waals surface area contributed by atoms with E-state index in [0.717, 1.165) is 0 Å². The summed E-state index contributed by atoms with van der Waals surface area (Å²) in [5.41, 5.74) is 0. The Morgan fingerprint density at radius 3 is 2.60 bits per heavy atom. The Bertz CT molecular complexity index is 209. The maximum Gasteiger partial charge on any atom is 0.350 e. The molecule has 1 rings (SSSR count). The van der Waals surface area contributed by atoms with Crippen LogP contribution in [0.25, 0.3) is 0 Å². The second-order valence-corrected chi connectivity index (χ2v) is 1.66. The van der Waals surface area contributed by atoms with Crippen LogP contribution in [-0.4, -0.2) is 20.2 Å². The van der Waals surface area contributed by atoms with E-state index in [9.17, 15) is 8.78 Å². The molecule has 1 aromatic heterocycles. The molecule has 1 aromatic rings. The van der Waals surface area contributed by atoms with Gasteiger partial charge in [0.15, 0.2) is 5.82 Å². The first kappa shape index (κ1) is 7.04. The molecule has 0 aliphatic rings. The van der Waals surface area contributed by atoms with E-state index in [-0.39, 0.29) is 0 Å². The van der Waals surface area contributed by atoms with Gasteiger partial charge in [-0.3, -0.25) is 0 Å². The lowest BCUT2D eigenvalue weighted by molar-refractivity contribution is 0.0394. The SMILES string of the molecule is CCc1nnn(C(F)F)n1. The highest BCUT2D eigenvalue weighted by atomic mass is 19.3. The standard InChI is InChI=1S/C4H6F2N4/c1-2-3-7-9-10(8-3)4(5)6/h4H,2H2,1H3. The van der Waals surface area contributed by atoms with Crippen LogP contribution < -0.4 is 0 Å². The maximum absolute atomic E-state index is 11.7. The van der Waals surface area contributed by atoms with E-state index >= 15 is 0 Å². The van der Waals surface area contributed by atoms with Gasteiger partial charge in [0, 0.05) is 6.42 Å². The van der Waals surface area contributed by atoms with Crippen molar-refractivity contribution in [2.75, 3.05) is 0 Å². The average Bonchev–Trinajstić information content (AvgIpc) is 2.34. The van der Waals surface area contributed by atoms with Crippen LogP contribution in [0.4, 0.5) is 8.78 Å². The number of hydrogen-bond donors (Lipinski definition) is 0. The first-order chi connectivity index (χ1) is 4.74. The van der Waals surface area contributed by atoms with Crippen LogP contribution in [0.2, 0.25) is 0 Å². The van der Waals surface area contributed by atoms with E-state index in [1.54, 1.807) is 6.92 Å². The predicted octanol–water partition coefficient (Wildman–Crippen LogP) is 0.631. The van der Waals surface area contributed by atoms with Crippen molar-refractivity contribution in [1.82, 2.24) is 20.2 Å². The predicted molar refractivity (Wildman–Crippen MR) is 28.4 cm³/mol. The highest BCUT2D eigenvalue weighted by Gasteiger charge is 2.08. The van der Waals surface area contributed by atoms with E-state index < -0.39 is 6.55 Å². The molecule has 0 aliphatic heterocycles. The molecular weight excluding hydrogens is 142 g/mol. The molecule has 56 valence electrons. The van der Waals surface area contributed by atoms with Crippen molar-refractivity contribution >= 4 is 0 Å². The number of tetrazole rings is 1. The van der Waals surface area contributed by atoms with Gasteiger partial charge in [-0.1, -0.05) is 11.7 Å². The fraction of sp³-hybridized carbons (Fsp3) is 0.750. The van der Waals surface area contributed by atoms with Gasteiger partial charge < -0.3 is 0 Å². The van der Waals surface area contributed by atoms with E-state index in [2.05, 4.69) is 15.4 Å². The lowest BCUT2D eigenvalue weighted by Gasteiger charge is -1.90. The van der Waals surface area contributed by atoms with E-state index in [1.807, 2.05) is 0 Å². The Hall–Kier alpha value is -1.07. The highest BCUT2D eigenvalue weighted by Crippen LogP contribution is 2.03. The van der Waals surface area contributed by atoms with Gasteiger partial charge in [-0.15, -0.1) is 10.2 Å². The Balaban J connectivity index is 2.78. The molecule has 6 heteroatoms. The van der Waals surface area contributed by atoms with Crippen LogP contribution in [-0.2, 0) is 6.42 Å². The first-order valence-electron chi connectivity index (χ1n) is 2.80. The largest absolute Gasteiger partial charge is 0.350 e. The second kappa shape index (κ2) is 2.68. The van der Waals surface area contributed by atoms with Crippen molar-refractivity contribution in [2.45, 2.75) is 19.9 Å². The molecule has 0 N–H and O–H groups in total. The Morgan fingerprint density at radius 1 is 1.60 bits per heavy atom. The van der Waals surface area contributed by atoms with Crippen molar-refractivity contribution < 1.29 is 8.78 Å². The van der Waals surface area contributed by atoms with E-state index in [1.165, 1.54) is 0 Å². The van der Waals surface area contributed by atoms with E-state index in [4.69, 9.17) is 0 Å². The van der Waals surface area contributed by atoms with Gasteiger partial charge in [0.2, 0.25) is 0 Å². The summed E-state index contributed by atoms with van der Waals surface area (Å²) in [6, 6.07) is 0. The average molecular weight is 148 g/mol. The topological polar surface area (TPSA) is 43.6 Å². The van der Waals surface area contributed by atoms with Crippen LogP contribution >= 0.6 is 0 Å². The normalized spacial score (nSPS) is 10.8. The third kappa shape index (κ3) is 1.26. The zero-order valence-electron chi connectivity index (χ0n) is 5.33. The van der Waals surface area contributed by atoms with Crippen molar-refractivity contribution in [3.8, 4) is 0 Å². The van der Waals surface area contributed by atoms with Gasteiger partial charge in [0.05, 0.1) is 0 Å². The van der Waals surface area contributed by atoms with Crippen LogP contribution in [0.3, 0.4) is 0 Å². The van der Waals surface area contributed by atoms with Crippen molar-refractivity contribution in [2.24, 2.45) is 0 Å². The Kier molecular flexibility index (Phi) is 1.88. The van der Waals surface area contributed by atoms with Crippen LogP contribution in [0.15, 0.2) is 0 Å². The summed E-state index contributed by atoms with van der Waals surface area (Å²) < 4.78 is 23.4. The fourth-order valence-electron chi connectivity index (χ4n) is 0.480. The zero-order valence-corrected chi connectivity index (χ0v) is 5.33. The van der Waals surface area contributed by atoms with Gasteiger partial charge in [-0.2, -0.15) is 8.78 Å². The van der Waals surface area contributed by atoms with Crippen LogP contribution in [0, 0.1) is 0 Å². The molecule has 1 heterocycles. The number of hydrogen-bond acceptors (Lipinski definition) is 3. The zero-order chi connectivity index (χ0) is 7.56. The number of rotatable bonds is 2. The molecule has 0 amide bonds. The number of alkyl halides is 2. The molecule has 0 saturated carbocycles. The third-order valence-electron chi connectivity index (χ3n) is 0.960. The highest BCUT2D eigenvalue weighted by molar-refractivity contribution is 4.73. The number of aromatic nitrogens is 4. The third-order valence-corrected chi connectivity index (χ3v) is 0.960. The number of aryl methyl sites for hydroxylation is 1.